The predicted molar refractivity (Wildman–Crippen MR) is 195 cm³/mol. The van der Waals surface area contributed by atoms with Crippen LogP contribution in [0.3, 0.4) is 0 Å². The zero-order valence-electron chi connectivity index (χ0n) is 27.7. The lowest BCUT2D eigenvalue weighted by molar-refractivity contribution is 1.11. The van der Waals surface area contributed by atoms with Gasteiger partial charge in [0.1, 0.15) is 0 Å². The Morgan fingerprint density at radius 2 is 0.889 bits per heavy atom. The third-order valence-corrected chi connectivity index (χ3v) is 9.61. The van der Waals surface area contributed by atoms with Gasteiger partial charge < -0.3 is 0 Å². The summed E-state index contributed by atoms with van der Waals surface area (Å²) in [4.78, 5) is 0. The maximum atomic E-state index is 2.34. The molecule has 0 heteroatoms. The van der Waals surface area contributed by atoms with E-state index in [1.54, 1.807) is 0 Å². The van der Waals surface area contributed by atoms with Crippen LogP contribution in [0, 0.1) is 27.7 Å². The van der Waals surface area contributed by atoms with E-state index in [1.807, 2.05) is 0 Å². The molecule has 0 aliphatic rings. The van der Waals surface area contributed by atoms with Crippen LogP contribution in [-0.4, -0.2) is 0 Å². The van der Waals surface area contributed by atoms with Crippen LogP contribution in [0.25, 0.3) is 44.5 Å². The number of aryl methyl sites for hydroxylation is 4. The molecule has 45 heavy (non-hydrogen) atoms. The monoisotopic (exact) mass is 584 g/mol. The number of benzene rings is 6. The molecule has 0 spiro atoms. The topological polar surface area (TPSA) is 0 Å². The molecule has 0 aromatic heterocycles. The van der Waals surface area contributed by atoms with Gasteiger partial charge in [-0.1, -0.05) is 135 Å². The second-order valence-corrected chi connectivity index (χ2v) is 12.5. The molecule has 224 valence electrons. The largest absolute Gasteiger partial charge is 0.0614 e. The van der Waals surface area contributed by atoms with Crippen LogP contribution in [0.1, 0.15) is 58.4 Å². The summed E-state index contributed by atoms with van der Waals surface area (Å²) in [5.41, 5.74) is 21.4. The highest BCUT2D eigenvalue weighted by Gasteiger charge is 2.11. The molecule has 0 atom stereocenters. The molecule has 0 radical (unpaired) electrons. The van der Waals surface area contributed by atoms with E-state index in [4.69, 9.17) is 0 Å². The van der Waals surface area contributed by atoms with E-state index in [-0.39, 0.29) is 0 Å². The Labute approximate surface area is 270 Å². The van der Waals surface area contributed by atoms with E-state index < -0.39 is 0 Å². The van der Waals surface area contributed by atoms with E-state index in [9.17, 15) is 0 Å². The quantitative estimate of drug-likeness (QED) is 0.167. The average molecular weight is 585 g/mol. The van der Waals surface area contributed by atoms with Gasteiger partial charge in [0.15, 0.2) is 0 Å². The highest BCUT2D eigenvalue weighted by Crippen LogP contribution is 2.34. The first kappa shape index (κ1) is 30.4. The Balaban J connectivity index is 1.15. The van der Waals surface area contributed by atoms with Crippen molar-refractivity contribution in [3.05, 3.63) is 166 Å². The Bertz CT molecular complexity index is 1950. The third-order valence-electron chi connectivity index (χ3n) is 9.61. The molecule has 0 heterocycles. The molecule has 0 nitrogen and oxygen atoms in total. The summed E-state index contributed by atoms with van der Waals surface area (Å²) in [6.45, 7) is 13.4. The summed E-state index contributed by atoms with van der Waals surface area (Å²) >= 11 is 0. The zero-order valence-corrected chi connectivity index (χ0v) is 27.7. The van der Waals surface area contributed by atoms with Crippen molar-refractivity contribution in [3.8, 4) is 44.5 Å². The van der Waals surface area contributed by atoms with E-state index in [1.165, 1.54) is 89.0 Å². The van der Waals surface area contributed by atoms with Crippen LogP contribution < -0.4 is 0 Å². The maximum Gasteiger partial charge on any atom is -0.00258 e. The summed E-state index contributed by atoms with van der Waals surface area (Å²) < 4.78 is 0. The number of rotatable bonds is 8. The smallest absolute Gasteiger partial charge is 0.00258 e. The lowest BCUT2D eigenvalue weighted by Gasteiger charge is -2.15. The first-order chi connectivity index (χ1) is 21.9. The third kappa shape index (κ3) is 6.29. The molecule has 0 bridgehead atoms. The highest BCUT2D eigenvalue weighted by molar-refractivity contribution is 5.77. The second-order valence-electron chi connectivity index (χ2n) is 12.5. The van der Waals surface area contributed by atoms with Gasteiger partial charge >= 0.3 is 0 Å². The summed E-state index contributed by atoms with van der Waals surface area (Å²) in [7, 11) is 0. The molecule has 6 rings (SSSR count). The average Bonchev–Trinajstić information content (AvgIpc) is 3.05. The molecular formula is C45H44. The minimum atomic E-state index is 0.927. The lowest BCUT2D eigenvalue weighted by atomic mass is 9.90. The standard InChI is InChI=1S/C45H44/c1-7-36-12-10-13-44(33(36)6)42-25-23-39(27-31(42)4)37-19-15-34(16-20-37)29-35-17-21-38(22-18-35)40-24-26-43(32(5)28-40)45-14-9-11-30(3)41(45)8-2/h9-28H,7-8,29H2,1-6H3. The molecule has 0 saturated carbocycles. The predicted octanol–water partition coefficient (Wildman–Crippen LogP) is 12.3. The van der Waals surface area contributed by atoms with Crippen LogP contribution >= 0.6 is 0 Å². The SMILES string of the molecule is CCc1cccc(-c2ccc(-c3ccc(Cc4ccc(-c5ccc(-c6cccc(C)c6CC)c(C)c5)cc4)cc3)cc2C)c1C. The van der Waals surface area contributed by atoms with Crippen LogP contribution in [-0.2, 0) is 19.3 Å². The van der Waals surface area contributed by atoms with Crippen LogP contribution in [0.2, 0.25) is 0 Å². The van der Waals surface area contributed by atoms with Crippen molar-refractivity contribution in [2.45, 2.75) is 60.8 Å². The van der Waals surface area contributed by atoms with Gasteiger partial charge in [0.2, 0.25) is 0 Å². The van der Waals surface area contributed by atoms with E-state index in [2.05, 4.69) is 163 Å². The molecule has 0 aliphatic carbocycles. The minimum Gasteiger partial charge on any atom is -0.0614 e. The van der Waals surface area contributed by atoms with Gasteiger partial charge in [-0.25, -0.2) is 0 Å². The van der Waals surface area contributed by atoms with Crippen LogP contribution in [0.5, 0.6) is 0 Å². The lowest BCUT2D eigenvalue weighted by Crippen LogP contribution is -1.94. The van der Waals surface area contributed by atoms with Gasteiger partial charge in [-0.2, -0.15) is 0 Å². The molecular weight excluding hydrogens is 540 g/mol. The highest BCUT2D eigenvalue weighted by atomic mass is 14.2. The summed E-state index contributed by atoms with van der Waals surface area (Å²) in [6.07, 6.45) is 3.04. The Morgan fingerprint density at radius 1 is 0.400 bits per heavy atom. The first-order valence-corrected chi connectivity index (χ1v) is 16.4. The van der Waals surface area contributed by atoms with Crippen molar-refractivity contribution in [1.29, 1.82) is 0 Å². The molecule has 6 aromatic rings. The minimum absolute atomic E-state index is 0.927. The van der Waals surface area contributed by atoms with Crippen molar-refractivity contribution >= 4 is 0 Å². The molecule has 0 fully saturated rings. The van der Waals surface area contributed by atoms with Gasteiger partial charge in [0, 0.05) is 0 Å². The number of hydrogen-bond acceptors (Lipinski definition) is 0. The molecule has 0 unspecified atom stereocenters. The molecule has 6 aromatic carbocycles. The summed E-state index contributed by atoms with van der Waals surface area (Å²) in [6, 6.07) is 45.3. The zero-order chi connectivity index (χ0) is 31.5. The van der Waals surface area contributed by atoms with Crippen molar-refractivity contribution in [3.63, 3.8) is 0 Å². The van der Waals surface area contributed by atoms with Crippen molar-refractivity contribution in [2.75, 3.05) is 0 Å². The van der Waals surface area contributed by atoms with Gasteiger partial charge in [0.25, 0.3) is 0 Å². The van der Waals surface area contributed by atoms with E-state index >= 15 is 0 Å². The fourth-order valence-corrected chi connectivity index (χ4v) is 6.94. The van der Waals surface area contributed by atoms with Gasteiger partial charge in [-0.05, 0) is 136 Å². The summed E-state index contributed by atoms with van der Waals surface area (Å²) in [5.74, 6) is 0. The van der Waals surface area contributed by atoms with Gasteiger partial charge in [-0.15, -0.1) is 0 Å². The van der Waals surface area contributed by atoms with E-state index in [0.29, 0.717) is 0 Å². The molecule has 0 N–H and O–H groups in total. The Hall–Kier alpha value is -4.68. The van der Waals surface area contributed by atoms with Crippen LogP contribution in [0.4, 0.5) is 0 Å². The maximum absolute atomic E-state index is 2.34. The van der Waals surface area contributed by atoms with Crippen molar-refractivity contribution in [2.24, 2.45) is 0 Å². The fraction of sp³-hybridized carbons (Fsp3) is 0.200. The van der Waals surface area contributed by atoms with Crippen LogP contribution in [0.15, 0.2) is 121 Å². The van der Waals surface area contributed by atoms with Gasteiger partial charge in [0.05, 0.1) is 0 Å². The molecule has 0 amide bonds. The second kappa shape index (κ2) is 13.1. The van der Waals surface area contributed by atoms with E-state index in [0.717, 1.165) is 19.3 Å². The summed E-state index contributed by atoms with van der Waals surface area (Å²) in [5, 5.41) is 0. The van der Waals surface area contributed by atoms with Gasteiger partial charge in [-0.3, -0.25) is 0 Å². The normalized spacial score (nSPS) is 11.2. The molecule has 0 saturated heterocycles. The fourth-order valence-electron chi connectivity index (χ4n) is 6.94. The van der Waals surface area contributed by atoms with Crippen molar-refractivity contribution in [1.82, 2.24) is 0 Å². The Morgan fingerprint density at radius 3 is 1.40 bits per heavy atom. The molecule has 0 aliphatic heterocycles. The number of hydrogen-bond donors (Lipinski definition) is 0. The van der Waals surface area contributed by atoms with Crippen molar-refractivity contribution < 1.29 is 0 Å². The Kier molecular flexibility index (Phi) is 8.85. The first-order valence-electron chi connectivity index (χ1n) is 16.4.